The van der Waals surface area contributed by atoms with E-state index in [0.29, 0.717) is 34.0 Å². The smallest absolute Gasteiger partial charge is 0.490 e. The van der Waals surface area contributed by atoms with E-state index >= 15 is 0 Å². The van der Waals surface area contributed by atoms with Crippen LogP contribution in [0.4, 0.5) is 26.3 Å². The number of nitrogens with zero attached hydrogens (tertiary/aromatic N) is 1. The van der Waals surface area contributed by atoms with Crippen molar-refractivity contribution in [2.45, 2.75) is 38.2 Å². The van der Waals surface area contributed by atoms with Crippen LogP contribution in [0.2, 0.25) is 0 Å². The van der Waals surface area contributed by atoms with Gasteiger partial charge >= 0.3 is 24.3 Å². The standard InChI is InChI=1S/C26H32N6O4.2C2HF3O2/c1-17(27)32-13-10-22(11-14-32)36-21-7-4-19(5-8-21)26(34)31-12-15-35-23-16-20(25(29)30)3-2-18(23)6-9-24(28)33;2*3-2(4,5)1(6)7/h2-9,16,22,27H,10-15H2,1H3,(H2,28,33)(H3,29,30)(H,31,34);2*(H,6,7). The van der Waals surface area contributed by atoms with Gasteiger partial charge in [0, 0.05) is 48.7 Å². The van der Waals surface area contributed by atoms with Gasteiger partial charge in [-0.15, -0.1) is 0 Å². The van der Waals surface area contributed by atoms with E-state index in [2.05, 4.69) is 5.32 Å². The number of piperidine rings is 1. The number of hydrogen-bond acceptors (Lipinski definition) is 8. The van der Waals surface area contributed by atoms with Gasteiger partial charge in [-0.3, -0.25) is 20.4 Å². The number of rotatable bonds is 10. The zero-order chi connectivity index (χ0) is 38.2. The van der Waals surface area contributed by atoms with E-state index in [1.807, 2.05) is 4.90 Å². The molecule has 1 heterocycles. The van der Waals surface area contributed by atoms with E-state index in [1.54, 1.807) is 49.4 Å². The predicted molar refractivity (Wildman–Crippen MR) is 166 cm³/mol. The Kier molecular flexibility index (Phi) is 16.2. The number of hydrogen-bond donors (Lipinski definition) is 7. The van der Waals surface area contributed by atoms with Crippen LogP contribution in [-0.2, 0) is 14.4 Å². The monoisotopic (exact) mass is 720 g/mol. The maximum atomic E-state index is 12.5. The van der Waals surface area contributed by atoms with Gasteiger partial charge in [-0.1, -0.05) is 12.1 Å². The molecule has 20 heteroatoms. The number of alkyl halides is 6. The number of amidine groups is 2. The first-order chi connectivity index (χ1) is 23.1. The van der Waals surface area contributed by atoms with Crippen molar-refractivity contribution in [2.24, 2.45) is 11.5 Å². The largest absolute Gasteiger partial charge is 0.491 e. The van der Waals surface area contributed by atoms with E-state index < -0.39 is 30.2 Å². The summed E-state index contributed by atoms with van der Waals surface area (Å²) < 4.78 is 75.3. The molecule has 0 atom stereocenters. The number of benzene rings is 2. The molecule has 0 spiro atoms. The number of halogens is 6. The van der Waals surface area contributed by atoms with E-state index in [9.17, 15) is 35.9 Å². The SMILES string of the molecule is CC(=N)N1CCC(Oc2ccc(C(=O)NCCOc3cc(C(=N)N)ccc3C=CC(N)=O)cc2)CC1.O=C(O)C(F)(F)F.O=C(O)C(F)(F)F. The van der Waals surface area contributed by atoms with Gasteiger partial charge in [-0.2, -0.15) is 26.3 Å². The first kappa shape index (κ1) is 42.2. The molecular formula is C30H34F6N6O8. The summed E-state index contributed by atoms with van der Waals surface area (Å²) in [4.78, 5) is 43.4. The second-order valence-corrected chi connectivity index (χ2v) is 10.0. The number of amides is 2. The Morgan fingerprint density at radius 2 is 1.42 bits per heavy atom. The van der Waals surface area contributed by atoms with Gasteiger partial charge in [0.2, 0.25) is 5.91 Å². The van der Waals surface area contributed by atoms with Crippen molar-refractivity contribution in [1.29, 1.82) is 10.8 Å². The van der Waals surface area contributed by atoms with Crippen LogP contribution >= 0.6 is 0 Å². The minimum Gasteiger partial charge on any atom is -0.491 e. The Balaban J connectivity index is 0.000000748. The topological polar surface area (TPSA) is 242 Å². The highest BCUT2D eigenvalue weighted by Gasteiger charge is 2.38. The second kappa shape index (κ2) is 19.2. The van der Waals surface area contributed by atoms with E-state index in [4.69, 9.17) is 51.6 Å². The van der Waals surface area contributed by atoms with Crippen LogP contribution in [0.5, 0.6) is 11.5 Å². The third-order valence-corrected chi connectivity index (χ3v) is 6.22. The molecule has 1 aliphatic heterocycles. The van der Waals surface area contributed by atoms with Crippen LogP contribution in [0.1, 0.15) is 41.3 Å². The number of likely N-dealkylation sites (tertiary alicyclic amines) is 1. The molecule has 1 saturated heterocycles. The zero-order valence-electron chi connectivity index (χ0n) is 26.2. The third kappa shape index (κ3) is 15.8. The lowest BCUT2D eigenvalue weighted by atomic mass is 10.1. The number of nitrogen functional groups attached to an aromatic ring is 1. The van der Waals surface area contributed by atoms with E-state index in [0.717, 1.165) is 25.9 Å². The average Bonchev–Trinajstić information content (AvgIpc) is 3.02. The molecule has 0 aliphatic carbocycles. The Morgan fingerprint density at radius 3 is 1.86 bits per heavy atom. The van der Waals surface area contributed by atoms with Crippen LogP contribution in [0.15, 0.2) is 48.5 Å². The minimum atomic E-state index is -5.08. The van der Waals surface area contributed by atoms with Gasteiger partial charge < -0.3 is 41.4 Å². The summed E-state index contributed by atoms with van der Waals surface area (Å²) in [7, 11) is 0. The van der Waals surface area contributed by atoms with Crippen LogP contribution in [0.3, 0.4) is 0 Å². The summed E-state index contributed by atoms with van der Waals surface area (Å²) in [6.45, 7) is 3.82. The first-order valence-corrected chi connectivity index (χ1v) is 14.2. The zero-order valence-corrected chi connectivity index (χ0v) is 26.2. The molecule has 0 aromatic heterocycles. The molecule has 9 N–H and O–H groups in total. The van der Waals surface area contributed by atoms with Crippen molar-refractivity contribution >= 4 is 41.5 Å². The lowest BCUT2D eigenvalue weighted by molar-refractivity contribution is -0.193. The fraction of sp³-hybridized carbons (Fsp3) is 0.333. The molecular weight excluding hydrogens is 686 g/mol. The molecule has 0 unspecified atom stereocenters. The Hall–Kier alpha value is -5.82. The van der Waals surface area contributed by atoms with Gasteiger partial charge in [-0.05, 0) is 43.3 Å². The number of carboxylic acids is 2. The molecule has 50 heavy (non-hydrogen) atoms. The molecule has 1 fully saturated rings. The number of carboxylic acid groups (broad SMARTS) is 2. The summed E-state index contributed by atoms with van der Waals surface area (Å²) in [5, 5.41) is 32.4. The summed E-state index contributed by atoms with van der Waals surface area (Å²) in [5.74, 6) is -4.76. The summed E-state index contributed by atoms with van der Waals surface area (Å²) in [6.07, 6.45) is -5.63. The van der Waals surface area contributed by atoms with Gasteiger partial charge in [0.15, 0.2) is 0 Å². The van der Waals surface area contributed by atoms with Crippen LogP contribution in [0.25, 0.3) is 6.08 Å². The lowest BCUT2D eigenvalue weighted by Gasteiger charge is -2.32. The molecule has 2 amide bonds. The molecule has 1 aliphatic rings. The van der Waals surface area contributed by atoms with Crippen LogP contribution in [-0.4, -0.2) is 95.2 Å². The Morgan fingerprint density at radius 1 is 0.920 bits per heavy atom. The van der Waals surface area contributed by atoms with Gasteiger partial charge in [0.25, 0.3) is 5.91 Å². The maximum Gasteiger partial charge on any atom is 0.490 e. The van der Waals surface area contributed by atoms with Gasteiger partial charge in [-0.25, -0.2) is 9.59 Å². The number of ether oxygens (including phenoxy) is 2. The third-order valence-electron chi connectivity index (χ3n) is 6.22. The van der Waals surface area contributed by atoms with Gasteiger partial charge in [0.1, 0.15) is 30.0 Å². The van der Waals surface area contributed by atoms with Crippen molar-refractivity contribution < 1.29 is 65.2 Å². The number of primary amides is 1. The summed E-state index contributed by atoms with van der Waals surface area (Å²) in [6, 6.07) is 11.9. The first-order valence-electron chi connectivity index (χ1n) is 14.2. The van der Waals surface area contributed by atoms with Crippen molar-refractivity contribution in [3.63, 3.8) is 0 Å². The normalized spacial score (nSPS) is 13.1. The van der Waals surface area contributed by atoms with Crippen molar-refractivity contribution in [3.05, 3.63) is 65.2 Å². The molecule has 274 valence electrons. The molecule has 3 rings (SSSR count). The Bertz CT molecular complexity index is 1520. The Labute approximate surface area is 280 Å². The molecule has 0 radical (unpaired) electrons. The number of carbonyl (C=O) groups is 4. The molecule has 2 aromatic rings. The molecule has 14 nitrogen and oxygen atoms in total. The minimum absolute atomic E-state index is 0.0987. The molecule has 2 aromatic carbocycles. The summed E-state index contributed by atoms with van der Waals surface area (Å²) >= 11 is 0. The van der Waals surface area contributed by atoms with Crippen molar-refractivity contribution in [1.82, 2.24) is 10.2 Å². The fourth-order valence-electron chi connectivity index (χ4n) is 3.75. The maximum absolute atomic E-state index is 12.5. The lowest BCUT2D eigenvalue weighted by Crippen LogP contribution is -2.40. The number of nitrogens with two attached hydrogens (primary N) is 2. The van der Waals surface area contributed by atoms with Crippen LogP contribution < -0.4 is 26.3 Å². The highest BCUT2D eigenvalue weighted by molar-refractivity contribution is 5.96. The summed E-state index contributed by atoms with van der Waals surface area (Å²) in [5.41, 5.74) is 12.3. The second-order valence-electron chi connectivity index (χ2n) is 10.0. The molecule has 0 bridgehead atoms. The van der Waals surface area contributed by atoms with E-state index in [-0.39, 0.29) is 31.0 Å². The predicted octanol–water partition coefficient (Wildman–Crippen LogP) is 3.38. The fourth-order valence-corrected chi connectivity index (χ4v) is 3.75. The van der Waals surface area contributed by atoms with E-state index in [1.165, 1.54) is 12.2 Å². The van der Waals surface area contributed by atoms with Gasteiger partial charge in [0.05, 0.1) is 12.4 Å². The van der Waals surface area contributed by atoms with Crippen molar-refractivity contribution in [3.8, 4) is 11.5 Å². The van der Waals surface area contributed by atoms with Crippen LogP contribution in [0, 0.1) is 10.8 Å². The average molecular weight is 721 g/mol. The quantitative estimate of drug-likeness (QED) is 0.0620. The highest BCUT2D eigenvalue weighted by atomic mass is 19.4. The highest BCUT2D eigenvalue weighted by Crippen LogP contribution is 2.23. The molecule has 0 saturated carbocycles. The number of carbonyl (C=O) groups excluding carboxylic acids is 2. The van der Waals surface area contributed by atoms with Crippen molar-refractivity contribution in [2.75, 3.05) is 26.2 Å². The number of nitrogens with one attached hydrogen (secondary N) is 3. The number of aliphatic carboxylic acids is 2.